The third-order valence-electron chi connectivity index (χ3n) is 5.86. The van der Waals surface area contributed by atoms with Crippen molar-refractivity contribution in [3.63, 3.8) is 0 Å². The highest BCUT2D eigenvalue weighted by molar-refractivity contribution is 6.20. The van der Waals surface area contributed by atoms with Gasteiger partial charge < -0.3 is 9.25 Å². The molecule has 3 aliphatic carbocycles. The Morgan fingerprint density at radius 1 is 1.12 bits per heavy atom. The molecule has 2 amide bonds. The van der Waals surface area contributed by atoms with Crippen molar-refractivity contribution in [2.75, 3.05) is 0 Å². The smallest absolute Gasteiger partial charge is 0.337 e. The van der Waals surface area contributed by atoms with E-state index >= 15 is 0 Å². The Balaban J connectivity index is 1.40. The number of rotatable bonds is 3. The number of imide groups is 1. The Bertz CT molecular complexity index is 863. The number of fused-ring (bicyclic) bond motifs is 2. The number of nitrogens with zero attached hydrogens (tertiary/aromatic N) is 1. The standard InChI is InChI=1S/C19H15NO5/c21-16-12-4-1-2-5-13(12)17(22)20(16)25-18(23)15-11-7-8-19(15,10-11)14-6-3-9-24-14/h1-6,9,11,15H,7-8,10H2/t11-,15+,19+/m1/s1. The van der Waals surface area contributed by atoms with Crippen LogP contribution in [-0.4, -0.2) is 22.8 Å². The molecule has 2 heterocycles. The van der Waals surface area contributed by atoms with Crippen LogP contribution >= 0.6 is 0 Å². The number of hydrogen-bond acceptors (Lipinski definition) is 5. The lowest BCUT2D eigenvalue weighted by atomic mass is 9.59. The second-order valence-electron chi connectivity index (χ2n) is 6.97. The van der Waals surface area contributed by atoms with Crippen LogP contribution in [-0.2, 0) is 15.0 Å². The van der Waals surface area contributed by atoms with Gasteiger partial charge in [0.1, 0.15) is 5.76 Å². The molecule has 0 radical (unpaired) electrons. The van der Waals surface area contributed by atoms with Gasteiger partial charge in [-0.1, -0.05) is 17.2 Å². The van der Waals surface area contributed by atoms with E-state index in [1.54, 1.807) is 30.5 Å². The Kier molecular flexibility index (Phi) is 2.78. The van der Waals surface area contributed by atoms with E-state index in [2.05, 4.69) is 0 Å². The molecule has 2 aromatic rings. The third kappa shape index (κ3) is 1.76. The Hall–Kier alpha value is -2.89. The van der Waals surface area contributed by atoms with Crippen LogP contribution in [0.5, 0.6) is 0 Å². The molecule has 1 aromatic carbocycles. The highest BCUT2D eigenvalue weighted by Crippen LogP contribution is 2.64. The van der Waals surface area contributed by atoms with Gasteiger partial charge in [-0.3, -0.25) is 9.59 Å². The van der Waals surface area contributed by atoms with E-state index in [9.17, 15) is 14.4 Å². The van der Waals surface area contributed by atoms with Gasteiger partial charge in [0.15, 0.2) is 0 Å². The molecule has 25 heavy (non-hydrogen) atoms. The summed E-state index contributed by atoms with van der Waals surface area (Å²) in [6, 6.07) is 10.1. The molecule has 0 N–H and O–H groups in total. The van der Waals surface area contributed by atoms with Crippen molar-refractivity contribution in [3.8, 4) is 0 Å². The van der Waals surface area contributed by atoms with Crippen LogP contribution in [0.3, 0.4) is 0 Å². The molecule has 3 atom stereocenters. The van der Waals surface area contributed by atoms with Crippen molar-refractivity contribution in [2.24, 2.45) is 11.8 Å². The molecule has 6 rings (SSSR count). The number of furan rings is 1. The van der Waals surface area contributed by atoms with Crippen LogP contribution in [0, 0.1) is 11.8 Å². The van der Waals surface area contributed by atoms with Gasteiger partial charge in [0.2, 0.25) is 0 Å². The number of hydrogen-bond donors (Lipinski definition) is 0. The van der Waals surface area contributed by atoms with E-state index < -0.39 is 17.8 Å². The summed E-state index contributed by atoms with van der Waals surface area (Å²) in [6.07, 6.45) is 4.25. The van der Waals surface area contributed by atoms with Crippen LogP contribution in [0.25, 0.3) is 0 Å². The van der Waals surface area contributed by atoms with Crippen LogP contribution in [0.4, 0.5) is 0 Å². The first-order valence-electron chi connectivity index (χ1n) is 8.35. The van der Waals surface area contributed by atoms with Crippen LogP contribution in [0.2, 0.25) is 0 Å². The minimum Gasteiger partial charge on any atom is -0.469 e. The summed E-state index contributed by atoms with van der Waals surface area (Å²) in [7, 11) is 0. The molecule has 4 aliphatic rings. The van der Waals surface area contributed by atoms with Gasteiger partial charge in [-0.2, -0.15) is 0 Å². The number of carbonyl (C=O) groups excluding carboxylic acids is 3. The van der Waals surface area contributed by atoms with Crippen molar-refractivity contribution >= 4 is 17.8 Å². The van der Waals surface area contributed by atoms with Gasteiger partial charge in [-0.05, 0) is 49.4 Å². The minimum absolute atomic E-state index is 0.216. The number of hydroxylamine groups is 2. The summed E-state index contributed by atoms with van der Waals surface area (Å²) >= 11 is 0. The fourth-order valence-electron chi connectivity index (χ4n) is 4.73. The molecule has 2 bridgehead atoms. The van der Waals surface area contributed by atoms with Gasteiger partial charge in [-0.15, -0.1) is 0 Å². The quantitative estimate of drug-likeness (QED) is 0.805. The highest BCUT2D eigenvalue weighted by atomic mass is 16.7. The lowest BCUT2D eigenvalue weighted by Crippen LogP contribution is -2.50. The average Bonchev–Trinajstić information content (AvgIpc) is 3.35. The van der Waals surface area contributed by atoms with Crippen molar-refractivity contribution in [1.29, 1.82) is 0 Å². The summed E-state index contributed by atoms with van der Waals surface area (Å²) in [6.45, 7) is 0. The minimum atomic E-state index is -0.590. The molecule has 0 unspecified atom stereocenters. The molecule has 1 aromatic heterocycles. The highest BCUT2D eigenvalue weighted by Gasteiger charge is 2.65. The topological polar surface area (TPSA) is 76.8 Å². The first-order valence-corrected chi connectivity index (χ1v) is 8.35. The average molecular weight is 337 g/mol. The number of amides is 2. The number of carbonyl (C=O) groups is 3. The van der Waals surface area contributed by atoms with Gasteiger partial charge in [0.05, 0.1) is 23.3 Å². The van der Waals surface area contributed by atoms with Crippen molar-refractivity contribution < 1.29 is 23.6 Å². The fraction of sp³-hybridized carbons (Fsp3) is 0.316. The van der Waals surface area contributed by atoms with Crippen molar-refractivity contribution in [1.82, 2.24) is 5.06 Å². The van der Waals surface area contributed by atoms with Gasteiger partial charge in [0.25, 0.3) is 11.8 Å². The van der Waals surface area contributed by atoms with Gasteiger partial charge in [0, 0.05) is 5.41 Å². The number of benzene rings is 1. The van der Waals surface area contributed by atoms with Crippen LogP contribution in [0.1, 0.15) is 45.7 Å². The Labute approximate surface area is 143 Å². The van der Waals surface area contributed by atoms with E-state index in [0.29, 0.717) is 5.06 Å². The zero-order chi connectivity index (χ0) is 17.2. The summed E-state index contributed by atoms with van der Waals surface area (Å²) in [5.41, 5.74) is 0.166. The maximum Gasteiger partial charge on any atom is 0.337 e. The monoisotopic (exact) mass is 337 g/mol. The SMILES string of the molecule is O=C(ON1C(=O)c2ccccc2C1=O)[C@@H]1[C@@H]2CC[C@@]1(c1ccco1)C2. The lowest BCUT2D eigenvalue weighted by molar-refractivity contribution is -0.183. The fourth-order valence-corrected chi connectivity index (χ4v) is 4.73. The maximum atomic E-state index is 12.8. The molecule has 0 spiro atoms. The maximum absolute atomic E-state index is 12.8. The zero-order valence-corrected chi connectivity index (χ0v) is 13.3. The molecule has 6 heteroatoms. The Morgan fingerprint density at radius 3 is 2.44 bits per heavy atom. The van der Waals surface area contributed by atoms with Crippen LogP contribution in [0.15, 0.2) is 47.1 Å². The second-order valence-corrected chi connectivity index (χ2v) is 6.97. The summed E-state index contributed by atoms with van der Waals surface area (Å²) in [5, 5.41) is 0.598. The van der Waals surface area contributed by atoms with Crippen molar-refractivity contribution in [2.45, 2.75) is 24.7 Å². The third-order valence-corrected chi connectivity index (χ3v) is 5.86. The zero-order valence-electron chi connectivity index (χ0n) is 13.3. The summed E-state index contributed by atoms with van der Waals surface area (Å²) in [4.78, 5) is 42.8. The van der Waals surface area contributed by atoms with Crippen LogP contribution < -0.4 is 0 Å². The lowest BCUT2D eigenvalue weighted by Gasteiger charge is -2.44. The van der Waals surface area contributed by atoms with E-state index in [-0.39, 0.29) is 28.4 Å². The van der Waals surface area contributed by atoms with Gasteiger partial charge >= 0.3 is 5.97 Å². The second kappa shape index (κ2) is 4.81. The summed E-state index contributed by atoms with van der Waals surface area (Å²) < 4.78 is 5.55. The molecule has 3 saturated carbocycles. The summed E-state index contributed by atoms with van der Waals surface area (Å²) in [5.74, 6) is -1.08. The van der Waals surface area contributed by atoms with E-state index in [0.717, 1.165) is 25.0 Å². The normalized spacial score (nSPS) is 29.5. The first kappa shape index (κ1) is 14.5. The molecular formula is C19H15NO5. The van der Waals surface area contributed by atoms with E-state index in [1.165, 1.54) is 0 Å². The first-order chi connectivity index (χ1) is 12.1. The predicted molar refractivity (Wildman–Crippen MR) is 84.3 cm³/mol. The van der Waals surface area contributed by atoms with E-state index in [1.807, 2.05) is 12.1 Å². The Morgan fingerprint density at radius 2 is 1.84 bits per heavy atom. The van der Waals surface area contributed by atoms with E-state index in [4.69, 9.17) is 9.25 Å². The molecule has 0 saturated heterocycles. The molecule has 3 fully saturated rings. The largest absolute Gasteiger partial charge is 0.469 e. The van der Waals surface area contributed by atoms with Gasteiger partial charge in [-0.25, -0.2) is 4.79 Å². The molecular weight excluding hydrogens is 322 g/mol. The van der Waals surface area contributed by atoms with Crippen molar-refractivity contribution in [3.05, 3.63) is 59.5 Å². The predicted octanol–water partition coefficient (Wildman–Crippen LogP) is 2.70. The molecule has 126 valence electrons. The molecule has 1 aliphatic heterocycles. The molecule has 6 nitrogen and oxygen atoms in total.